The molecule has 1 aliphatic carbocycles. The van der Waals surface area contributed by atoms with Crippen LogP contribution in [-0.2, 0) is 23.9 Å². The van der Waals surface area contributed by atoms with E-state index >= 15 is 0 Å². The van der Waals surface area contributed by atoms with Crippen LogP contribution in [0.1, 0.15) is 40.0 Å². The van der Waals surface area contributed by atoms with Crippen molar-refractivity contribution in [2.24, 2.45) is 10.8 Å². The summed E-state index contributed by atoms with van der Waals surface area (Å²) < 4.78 is 10.9. The largest absolute Gasteiger partial charge is 0.480 e. The second-order valence-electron chi connectivity index (χ2n) is 7.24. The van der Waals surface area contributed by atoms with Crippen molar-refractivity contribution in [2.75, 3.05) is 6.54 Å². The number of nitrogens with one attached hydrogen (secondary N) is 1. The number of ether oxygens (including phenoxy) is 2. The summed E-state index contributed by atoms with van der Waals surface area (Å²) in [5.74, 6) is -1.86. The lowest BCUT2D eigenvalue weighted by molar-refractivity contribution is -0.186. The Morgan fingerprint density at radius 1 is 1.32 bits per heavy atom. The van der Waals surface area contributed by atoms with Gasteiger partial charge < -0.3 is 19.9 Å². The van der Waals surface area contributed by atoms with Crippen LogP contribution in [0.5, 0.6) is 0 Å². The first-order chi connectivity index (χ1) is 10.1. The highest BCUT2D eigenvalue weighted by Crippen LogP contribution is 2.65. The van der Waals surface area contributed by atoms with Crippen molar-refractivity contribution >= 4 is 17.9 Å². The SMILES string of the molecule is CC1(C)[C@@]2(C(=O)O[C@H]3CN[C@H](C(=O)O)C3)CC[C@]1(C)C(=O)O2. The van der Waals surface area contributed by atoms with E-state index in [-0.39, 0.29) is 12.4 Å². The number of rotatable bonds is 3. The Bertz CT molecular complexity index is 558. The molecule has 3 rings (SSSR count). The van der Waals surface area contributed by atoms with Crippen LogP contribution in [-0.4, -0.2) is 47.3 Å². The molecule has 3 fully saturated rings. The van der Waals surface area contributed by atoms with Crippen molar-refractivity contribution < 1.29 is 29.0 Å². The van der Waals surface area contributed by atoms with E-state index < -0.39 is 40.5 Å². The highest BCUT2D eigenvalue weighted by atomic mass is 16.6. The summed E-state index contributed by atoms with van der Waals surface area (Å²) in [7, 11) is 0. The third-order valence-electron chi connectivity index (χ3n) is 6.08. The number of carbonyl (C=O) groups is 3. The Labute approximate surface area is 128 Å². The summed E-state index contributed by atoms with van der Waals surface area (Å²) in [6, 6.07) is -0.705. The lowest BCUT2D eigenvalue weighted by Gasteiger charge is -2.35. The van der Waals surface area contributed by atoms with Gasteiger partial charge in [0.1, 0.15) is 12.1 Å². The summed E-state index contributed by atoms with van der Waals surface area (Å²) in [4.78, 5) is 35.8. The van der Waals surface area contributed by atoms with Crippen molar-refractivity contribution in [3.63, 3.8) is 0 Å². The molecule has 2 aliphatic heterocycles. The Kier molecular flexibility index (Phi) is 3.08. The minimum atomic E-state index is -1.25. The summed E-state index contributed by atoms with van der Waals surface area (Å²) in [5.41, 5.74) is -2.57. The predicted octanol–water partition coefficient (Wildman–Crippen LogP) is 0.467. The molecular formula is C15H21NO6. The van der Waals surface area contributed by atoms with E-state index in [1.807, 2.05) is 20.8 Å². The second-order valence-corrected chi connectivity index (χ2v) is 7.24. The zero-order chi connectivity index (χ0) is 16.3. The van der Waals surface area contributed by atoms with E-state index in [9.17, 15) is 14.4 Å². The van der Waals surface area contributed by atoms with Gasteiger partial charge in [-0.1, -0.05) is 13.8 Å². The Morgan fingerprint density at radius 2 is 2.00 bits per heavy atom. The van der Waals surface area contributed by atoms with Crippen molar-refractivity contribution in [1.29, 1.82) is 0 Å². The summed E-state index contributed by atoms with van der Waals surface area (Å²) >= 11 is 0. The highest BCUT2D eigenvalue weighted by Gasteiger charge is 2.76. The molecule has 7 heteroatoms. The Balaban J connectivity index is 1.76. The van der Waals surface area contributed by atoms with Crippen molar-refractivity contribution in [2.45, 2.75) is 57.8 Å². The molecule has 7 nitrogen and oxygen atoms in total. The molecule has 0 radical (unpaired) electrons. The fraction of sp³-hybridized carbons (Fsp3) is 0.800. The summed E-state index contributed by atoms with van der Waals surface area (Å²) in [6.45, 7) is 5.84. The molecule has 2 N–H and O–H groups in total. The van der Waals surface area contributed by atoms with Crippen LogP contribution in [0.4, 0.5) is 0 Å². The number of carboxylic acids is 1. The zero-order valence-electron chi connectivity index (χ0n) is 13.0. The first-order valence-corrected chi connectivity index (χ1v) is 7.55. The van der Waals surface area contributed by atoms with Gasteiger partial charge in [-0.3, -0.25) is 9.59 Å². The minimum absolute atomic E-state index is 0.225. The molecule has 2 heterocycles. The molecule has 22 heavy (non-hydrogen) atoms. The summed E-state index contributed by atoms with van der Waals surface area (Å²) in [5, 5.41) is 11.8. The van der Waals surface area contributed by atoms with Crippen LogP contribution in [0.2, 0.25) is 0 Å². The monoisotopic (exact) mass is 311 g/mol. The van der Waals surface area contributed by atoms with Crippen molar-refractivity contribution in [3.8, 4) is 0 Å². The third-order valence-corrected chi connectivity index (χ3v) is 6.08. The third kappa shape index (κ3) is 1.68. The van der Waals surface area contributed by atoms with Crippen LogP contribution < -0.4 is 5.32 Å². The van der Waals surface area contributed by atoms with Gasteiger partial charge in [-0.2, -0.15) is 0 Å². The molecule has 0 unspecified atom stereocenters. The van der Waals surface area contributed by atoms with Crippen molar-refractivity contribution in [3.05, 3.63) is 0 Å². The fourth-order valence-corrected chi connectivity index (χ4v) is 3.93. The zero-order valence-corrected chi connectivity index (χ0v) is 13.0. The topological polar surface area (TPSA) is 102 Å². The van der Waals surface area contributed by atoms with E-state index in [0.717, 1.165) is 0 Å². The van der Waals surface area contributed by atoms with Crippen LogP contribution in [0.25, 0.3) is 0 Å². The van der Waals surface area contributed by atoms with E-state index in [4.69, 9.17) is 14.6 Å². The molecule has 2 bridgehead atoms. The maximum Gasteiger partial charge on any atom is 0.351 e. The lowest BCUT2D eigenvalue weighted by atomic mass is 9.66. The maximum atomic E-state index is 12.7. The molecule has 122 valence electrons. The molecule has 4 atom stereocenters. The van der Waals surface area contributed by atoms with Gasteiger partial charge in [0, 0.05) is 18.4 Å². The number of esters is 2. The van der Waals surface area contributed by atoms with E-state index in [1.165, 1.54) is 0 Å². The number of carboxylic acid groups (broad SMARTS) is 1. The first-order valence-electron chi connectivity index (χ1n) is 7.55. The molecule has 1 saturated carbocycles. The number of aliphatic carboxylic acids is 1. The number of carbonyl (C=O) groups excluding carboxylic acids is 2. The van der Waals surface area contributed by atoms with Gasteiger partial charge in [0.2, 0.25) is 5.60 Å². The molecular weight excluding hydrogens is 290 g/mol. The Morgan fingerprint density at radius 3 is 2.45 bits per heavy atom. The fourth-order valence-electron chi connectivity index (χ4n) is 3.93. The second kappa shape index (κ2) is 4.44. The first kappa shape index (κ1) is 15.3. The molecule has 0 aromatic rings. The lowest BCUT2D eigenvalue weighted by Crippen LogP contribution is -2.50. The van der Waals surface area contributed by atoms with Crippen LogP contribution >= 0.6 is 0 Å². The molecule has 0 aromatic heterocycles. The molecule has 2 saturated heterocycles. The average Bonchev–Trinajstić information content (AvgIpc) is 3.00. The standard InChI is InChI=1S/C15H21NO6/c1-13(2)14(3)4-5-15(13,22-11(14)19)12(20)21-8-6-9(10(17)18)16-7-8/h8-9,16H,4-7H2,1-3H3,(H,17,18)/t8-,9+,14-,15+/m1/s1. The number of hydrogen-bond donors (Lipinski definition) is 2. The minimum Gasteiger partial charge on any atom is -0.480 e. The summed E-state index contributed by atoms with van der Waals surface area (Å²) in [6.07, 6.45) is 0.756. The van der Waals surface area contributed by atoms with Crippen LogP contribution in [0, 0.1) is 10.8 Å². The van der Waals surface area contributed by atoms with Gasteiger partial charge in [-0.05, 0) is 19.8 Å². The molecule has 0 amide bonds. The predicted molar refractivity (Wildman–Crippen MR) is 73.9 cm³/mol. The maximum absolute atomic E-state index is 12.7. The normalized spacial score (nSPS) is 42.2. The average molecular weight is 311 g/mol. The molecule has 0 spiro atoms. The quantitative estimate of drug-likeness (QED) is 0.730. The van der Waals surface area contributed by atoms with Gasteiger partial charge in [0.05, 0.1) is 5.41 Å². The van der Waals surface area contributed by atoms with E-state index in [2.05, 4.69) is 5.32 Å². The van der Waals surface area contributed by atoms with Gasteiger partial charge in [-0.25, -0.2) is 4.79 Å². The molecule has 3 aliphatic rings. The smallest absolute Gasteiger partial charge is 0.351 e. The van der Waals surface area contributed by atoms with E-state index in [0.29, 0.717) is 19.4 Å². The van der Waals surface area contributed by atoms with Gasteiger partial charge in [-0.15, -0.1) is 0 Å². The van der Waals surface area contributed by atoms with Crippen LogP contribution in [0.3, 0.4) is 0 Å². The Hall–Kier alpha value is -1.63. The van der Waals surface area contributed by atoms with Crippen molar-refractivity contribution in [1.82, 2.24) is 5.32 Å². The number of hydrogen-bond acceptors (Lipinski definition) is 6. The number of fused-ring (bicyclic) bond motifs is 2. The van der Waals surface area contributed by atoms with E-state index in [1.54, 1.807) is 0 Å². The van der Waals surface area contributed by atoms with Gasteiger partial charge in [0.15, 0.2) is 0 Å². The van der Waals surface area contributed by atoms with Crippen LogP contribution in [0.15, 0.2) is 0 Å². The highest BCUT2D eigenvalue weighted by molar-refractivity contribution is 5.93. The van der Waals surface area contributed by atoms with Gasteiger partial charge in [0.25, 0.3) is 0 Å². The molecule has 0 aromatic carbocycles. The van der Waals surface area contributed by atoms with Gasteiger partial charge >= 0.3 is 17.9 Å².